The zero-order valence-corrected chi connectivity index (χ0v) is 19.1. The molecule has 32 heavy (non-hydrogen) atoms. The Kier molecular flexibility index (Phi) is 5.60. The summed E-state index contributed by atoms with van der Waals surface area (Å²) in [7, 11) is 0. The molecule has 0 saturated heterocycles. The lowest BCUT2D eigenvalue weighted by atomic mass is 9.69. The van der Waals surface area contributed by atoms with Gasteiger partial charge in [0, 0.05) is 29.5 Å². The summed E-state index contributed by atoms with van der Waals surface area (Å²) >= 11 is 6.50. The molecule has 3 N–H and O–H groups in total. The number of carbonyl (C=O) groups is 2. The molecule has 1 heterocycles. The molecule has 0 aromatic heterocycles. The highest BCUT2D eigenvalue weighted by atomic mass is 35.5. The van der Waals surface area contributed by atoms with Crippen LogP contribution in [0.4, 0.5) is 0 Å². The van der Waals surface area contributed by atoms with Crippen molar-refractivity contribution in [3.05, 3.63) is 57.7 Å². The monoisotopic (exact) mass is 458 g/mol. The molecule has 0 fully saturated rings. The molecule has 6 rings (SSSR count). The summed E-state index contributed by atoms with van der Waals surface area (Å²) in [4.78, 5) is 27.5. The van der Waals surface area contributed by atoms with Crippen molar-refractivity contribution >= 4 is 23.2 Å². The number of alkyl halides is 1. The van der Waals surface area contributed by atoms with Crippen LogP contribution in [0.1, 0.15) is 66.3 Å². The molecule has 4 bridgehead atoms. The lowest BCUT2D eigenvalue weighted by Gasteiger charge is -2.48. The lowest BCUT2D eigenvalue weighted by molar-refractivity contribution is -0.103. The summed E-state index contributed by atoms with van der Waals surface area (Å²) in [6.45, 7) is 5.22. The van der Waals surface area contributed by atoms with Gasteiger partial charge < -0.3 is 20.1 Å². The molecule has 0 amide bonds. The van der Waals surface area contributed by atoms with E-state index in [1.165, 1.54) is 6.07 Å². The van der Waals surface area contributed by atoms with Crippen molar-refractivity contribution < 1.29 is 29.6 Å². The van der Waals surface area contributed by atoms with E-state index in [1.54, 1.807) is 19.9 Å². The molecular formula is C25H27ClO6. The van der Waals surface area contributed by atoms with E-state index in [0.29, 0.717) is 18.4 Å². The van der Waals surface area contributed by atoms with Gasteiger partial charge in [0.1, 0.15) is 11.5 Å². The van der Waals surface area contributed by atoms with Crippen molar-refractivity contribution in [2.75, 3.05) is 6.61 Å². The van der Waals surface area contributed by atoms with Crippen molar-refractivity contribution in [3.63, 3.8) is 0 Å². The van der Waals surface area contributed by atoms with E-state index in [9.17, 15) is 24.9 Å². The molecule has 0 saturated carbocycles. The Morgan fingerprint density at radius 1 is 1.22 bits per heavy atom. The summed E-state index contributed by atoms with van der Waals surface area (Å²) in [5, 5.41) is 30.7. The molecule has 6 nitrogen and oxygen atoms in total. The predicted molar refractivity (Wildman–Crippen MR) is 121 cm³/mol. The number of hydrogen-bond donors (Lipinski definition) is 3. The first-order chi connectivity index (χ1) is 15.0. The number of benzene rings is 1. The Hall–Kier alpha value is -2.41. The highest BCUT2D eigenvalue weighted by Gasteiger charge is 2.57. The highest BCUT2D eigenvalue weighted by molar-refractivity contribution is 6.30. The maximum atomic E-state index is 13.9. The van der Waals surface area contributed by atoms with Crippen LogP contribution in [0.5, 0.6) is 11.5 Å². The molecule has 1 aromatic rings. The maximum absolute atomic E-state index is 13.9. The first kappa shape index (κ1) is 22.8. The predicted octanol–water partition coefficient (Wildman–Crippen LogP) is 4.15. The fraction of sp³-hybridized carbons (Fsp3) is 0.440. The Bertz CT molecular complexity index is 1110. The Morgan fingerprint density at radius 3 is 2.62 bits per heavy atom. The fourth-order valence-electron chi connectivity index (χ4n) is 4.69. The third kappa shape index (κ3) is 3.41. The van der Waals surface area contributed by atoms with E-state index < -0.39 is 33.9 Å². The summed E-state index contributed by atoms with van der Waals surface area (Å²) in [5.41, 5.74) is -0.913. The third-order valence-electron chi connectivity index (χ3n) is 6.63. The van der Waals surface area contributed by atoms with Crippen molar-refractivity contribution in [1.82, 2.24) is 0 Å². The Balaban J connectivity index is 2.04. The second-order valence-electron chi connectivity index (χ2n) is 9.31. The molecule has 1 spiro atoms. The summed E-state index contributed by atoms with van der Waals surface area (Å²) < 4.78 is 6.31. The first-order valence-corrected chi connectivity index (χ1v) is 11.1. The molecule has 170 valence electrons. The molecule has 4 aliphatic carbocycles. The topological polar surface area (TPSA) is 104 Å². The molecule has 2 atom stereocenters. The standard InChI is InChI=1S/C25H27ClO6/c1-13-5-4-6-14(12-27)9-15-18(28)10-16-20(21(15)29)22(30)17-11-19(26)24(2,3)32-25(17,8-7-13)23(16)31/h6-7,10-11,19,27-29H,4-5,8-9,12H2,1-3H3/b13-7+,14-6+/t19-,25-/m1/s1. The molecule has 7 heteroatoms. The first-order valence-electron chi connectivity index (χ1n) is 10.7. The number of fused-ring (bicyclic) bond motifs is 1. The van der Waals surface area contributed by atoms with Gasteiger partial charge in [-0.05, 0) is 45.3 Å². The van der Waals surface area contributed by atoms with Gasteiger partial charge in [0.15, 0.2) is 11.4 Å². The van der Waals surface area contributed by atoms with Gasteiger partial charge in [-0.25, -0.2) is 0 Å². The number of aliphatic hydroxyl groups is 1. The van der Waals surface area contributed by atoms with Gasteiger partial charge in [0.25, 0.3) is 0 Å². The zero-order chi connectivity index (χ0) is 23.4. The lowest BCUT2D eigenvalue weighted by Crippen LogP contribution is -2.58. The van der Waals surface area contributed by atoms with E-state index in [2.05, 4.69) is 0 Å². The second kappa shape index (κ2) is 7.87. The number of ketones is 2. The average Bonchev–Trinajstić information content (AvgIpc) is 2.73. The van der Waals surface area contributed by atoms with Crippen LogP contribution in [0.3, 0.4) is 0 Å². The number of aliphatic hydroxyl groups excluding tert-OH is 1. The molecule has 0 radical (unpaired) electrons. The highest BCUT2D eigenvalue weighted by Crippen LogP contribution is 2.50. The van der Waals surface area contributed by atoms with Gasteiger partial charge in [-0.15, -0.1) is 11.6 Å². The largest absolute Gasteiger partial charge is 0.507 e. The number of ether oxygens (including phenoxy) is 1. The van der Waals surface area contributed by atoms with Crippen LogP contribution in [0.15, 0.2) is 41.0 Å². The van der Waals surface area contributed by atoms with Gasteiger partial charge in [-0.3, -0.25) is 9.59 Å². The minimum Gasteiger partial charge on any atom is -0.507 e. The van der Waals surface area contributed by atoms with Crippen LogP contribution < -0.4 is 0 Å². The van der Waals surface area contributed by atoms with Gasteiger partial charge >= 0.3 is 0 Å². The SMILES string of the molecule is C/C1=C\C[C@@]23OC(C)(C)[C@H](Cl)C=C2C(=O)c2c(cc(O)c(c2O)C/C(CO)=C\CC1)C3=O. The average molecular weight is 459 g/mol. The zero-order valence-electron chi connectivity index (χ0n) is 18.4. The summed E-state index contributed by atoms with van der Waals surface area (Å²) in [6.07, 6.45) is 6.83. The number of halogens is 1. The number of Topliss-reactive ketones (excluding diaryl/α,β-unsaturated/α-hetero) is 2. The van der Waals surface area contributed by atoms with Crippen molar-refractivity contribution in [2.45, 2.75) is 63.0 Å². The number of allylic oxidation sites excluding steroid dienone is 2. The van der Waals surface area contributed by atoms with E-state index >= 15 is 0 Å². The third-order valence-corrected chi connectivity index (χ3v) is 7.28. The maximum Gasteiger partial charge on any atom is 0.200 e. The van der Waals surface area contributed by atoms with Gasteiger partial charge in [-0.1, -0.05) is 23.8 Å². The minimum atomic E-state index is -1.59. The van der Waals surface area contributed by atoms with Crippen LogP contribution in [-0.4, -0.2) is 50.1 Å². The minimum absolute atomic E-state index is 0.0531. The number of phenolic OH excluding ortho intramolecular Hbond substituents is 2. The molecule has 0 unspecified atom stereocenters. The van der Waals surface area contributed by atoms with E-state index in [1.807, 2.05) is 19.1 Å². The fourth-order valence-corrected chi connectivity index (χ4v) is 4.86. The molecular weight excluding hydrogens is 432 g/mol. The molecule has 1 aromatic carbocycles. The van der Waals surface area contributed by atoms with Crippen molar-refractivity contribution in [3.8, 4) is 11.5 Å². The summed E-state index contributed by atoms with van der Waals surface area (Å²) in [6, 6.07) is 1.23. The number of phenols is 2. The van der Waals surface area contributed by atoms with E-state index in [-0.39, 0.29) is 47.5 Å². The number of carbonyl (C=O) groups excluding carboxylic acids is 2. The number of hydrogen-bond acceptors (Lipinski definition) is 6. The number of rotatable bonds is 1. The normalized spacial score (nSPS) is 30.7. The number of aromatic hydroxyl groups is 2. The van der Waals surface area contributed by atoms with E-state index in [0.717, 1.165) is 5.57 Å². The Morgan fingerprint density at radius 2 is 1.94 bits per heavy atom. The summed E-state index contributed by atoms with van der Waals surface area (Å²) in [5.74, 6) is -1.80. The van der Waals surface area contributed by atoms with Crippen LogP contribution in [0.25, 0.3) is 0 Å². The Labute approximate surface area is 191 Å². The van der Waals surface area contributed by atoms with E-state index in [4.69, 9.17) is 16.3 Å². The van der Waals surface area contributed by atoms with Gasteiger partial charge in [0.2, 0.25) is 5.78 Å². The van der Waals surface area contributed by atoms with Gasteiger partial charge in [-0.2, -0.15) is 0 Å². The van der Waals surface area contributed by atoms with Crippen molar-refractivity contribution in [1.29, 1.82) is 0 Å². The smallest absolute Gasteiger partial charge is 0.200 e. The van der Waals surface area contributed by atoms with Crippen LogP contribution in [0, 0.1) is 0 Å². The van der Waals surface area contributed by atoms with Crippen LogP contribution >= 0.6 is 11.6 Å². The van der Waals surface area contributed by atoms with Crippen molar-refractivity contribution in [2.24, 2.45) is 0 Å². The van der Waals surface area contributed by atoms with Crippen LogP contribution in [0.2, 0.25) is 0 Å². The van der Waals surface area contributed by atoms with Gasteiger partial charge in [0.05, 0.1) is 23.1 Å². The molecule has 1 aliphatic heterocycles. The quantitative estimate of drug-likeness (QED) is 0.431. The second-order valence-corrected chi connectivity index (χ2v) is 9.78. The molecule has 5 aliphatic rings. The van der Waals surface area contributed by atoms with Crippen LogP contribution in [-0.2, 0) is 11.2 Å².